The minimum Gasteiger partial charge on any atom is -0.508 e. The molecular formula is C34H38N4O4S. The average molecular weight is 599 g/mol. The number of phenols is 1. The van der Waals surface area contributed by atoms with E-state index in [1.165, 1.54) is 16.9 Å². The number of hydrogen-bond donors (Lipinski definition) is 4. The molecule has 43 heavy (non-hydrogen) atoms. The van der Waals surface area contributed by atoms with Crippen molar-refractivity contribution in [1.29, 1.82) is 0 Å². The van der Waals surface area contributed by atoms with Crippen molar-refractivity contribution in [1.82, 2.24) is 15.5 Å². The van der Waals surface area contributed by atoms with E-state index in [2.05, 4.69) is 20.9 Å². The topological polar surface area (TPSA) is 103 Å². The number of phenolic OH excluding ortho intramolecular Hbond substituents is 1. The first-order valence-corrected chi connectivity index (χ1v) is 15.5. The fourth-order valence-corrected chi connectivity index (χ4v) is 6.01. The Bertz CT molecular complexity index is 1470. The lowest BCUT2D eigenvalue weighted by Crippen LogP contribution is -2.42. The Morgan fingerprint density at radius 1 is 0.884 bits per heavy atom. The quantitative estimate of drug-likeness (QED) is 0.152. The van der Waals surface area contributed by atoms with Crippen molar-refractivity contribution in [3.05, 3.63) is 106 Å². The highest BCUT2D eigenvalue weighted by Gasteiger charge is 2.23. The fourth-order valence-electron chi connectivity index (χ4n) is 5.12. The highest BCUT2D eigenvalue weighted by Crippen LogP contribution is 2.28. The van der Waals surface area contributed by atoms with Crippen LogP contribution in [0.25, 0.3) is 11.1 Å². The summed E-state index contributed by atoms with van der Waals surface area (Å²) in [7, 11) is 0. The van der Waals surface area contributed by atoms with E-state index < -0.39 is 6.09 Å². The first-order chi connectivity index (χ1) is 21.0. The predicted molar refractivity (Wildman–Crippen MR) is 172 cm³/mol. The van der Waals surface area contributed by atoms with Crippen LogP contribution in [0.3, 0.4) is 0 Å². The van der Waals surface area contributed by atoms with Crippen molar-refractivity contribution >= 4 is 29.0 Å². The van der Waals surface area contributed by atoms with Gasteiger partial charge in [-0.2, -0.15) is 0 Å². The first kappa shape index (κ1) is 30.3. The largest absolute Gasteiger partial charge is 0.508 e. The van der Waals surface area contributed by atoms with Crippen LogP contribution in [0.5, 0.6) is 5.75 Å². The molecule has 0 saturated carbocycles. The van der Waals surface area contributed by atoms with Gasteiger partial charge in [-0.1, -0.05) is 60.7 Å². The first-order valence-electron chi connectivity index (χ1n) is 14.7. The SMILES string of the molecule is O=C(Nc1ccccc1-c1ccccc1)OC1CCN(CCNC(=O)c2ccc(CNCCc3ccc(O)cc3)s2)CC1. The second-order valence-electron chi connectivity index (χ2n) is 10.6. The summed E-state index contributed by atoms with van der Waals surface area (Å²) in [6, 6.07) is 28.8. The Balaban J connectivity index is 0.966. The maximum Gasteiger partial charge on any atom is 0.411 e. The highest BCUT2D eigenvalue weighted by atomic mass is 32.1. The van der Waals surface area contributed by atoms with Crippen LogP contribution in [-0.4, -0.2) is 60.8 Å². The number of para-hydroxylation sites is 1. The van der Waals surface area contributed by atoms with Crippen LogP contribution in [0.1, 0.15) is 33.0 Å². The summed E-state index contributed by atoms with van der Waals surface area (Å²) in [5.41, 5.74) is 3.88. The maximum atomic E-state index is 12.7. The van der Waals surface area contributed by atoms with Crippen LogP contribution in [0.2, 0.25) is 0 Å². The number of rotatable bonds is 12. The molecule has 8 nitrogen and oxygen atoms in total. The molecule has 0 bridgehead atoms. The van der Waals surface area contributed by atoms with Gasteiger partial charge in [-0.05, 0) is 67.3 Å². The van der Waals surface area contributed by atoms with Gasteiger partial charge >= 0.3 is 6.09 Å². The van der Waals surface area contributed by atoms with Gasteiger partial charge in [0.1, 0.15) is 11.9 Å². The van der Waals surface area contributed by atoms with Gasteiger partial charge in [0.2, 0.25) is 0 Å². The number of carbonyl (C=O) groups excluding carboxylic acids is 2. The second kappa shape index (κ2) is 15.3. The number of likely N-dealkylation sites (tertiary alicyclic amines) is 1. The van der Waals surface area contributed by atoms with Crippen molar-refractivity contribution in [2.24, 2.45) is 0 Å². The normalized spacial score (nSPS) is 13.9. The number of carbonyl (C=O) groups is 2. The molecule has 0 spiro atoms. The molecule has 1 saturated heterocycles. The number of piperidine rings is 1. The highest BCUT2D eigenvalue weighted by molar-refractivity contribution is 7.14. The van der Waals surface area contributed by atoms with E-state index in [0.717, 1.165) is 67.1 Å². The van der Waals surface area contributed by atoms with Crippen molar-refractivity contribution in [3.8, 4) is 16.9 Å². The van der Waals surface area contributed by atoms with Gasteiger partial charge in [0.05, 0.1) is 10.6 Å². The fraction of sp³-hybridized carbons (Fsp3) is 0.294. The molecule has 1 aliphatic heterocycles. The number of hydrogen-bond acceptors (Lipinski definition) is 7. The molecule has 2 amide bonds. The molecule has 2 heterocycles. The number of aromatic hydroxyl groups is 1. The lowest BCUT2D eigenvalue weighted by Gasteiger charge is -2.31. The number of amides is 2. The molecule has 0 unspecified atom stereocenters. The zero-order valence-electron chi connectivity index (χ0n) is 24.1. The molecular weight excluding hydrogens is 560 g/mol. The van der Waals surface area contributed by atoms with E-state index in [0.29, 0.717) is 18.0 Å². The zero-order valence-corrected chi connectivity index (χ0v) is 24.9. The van der Waals surface area contributed by atoms with Crippen molar-refractivity contribution in [2.45, 2.75) is 31.9 Å². The van der Waals surface area contributed by atoms with Crippen LogP contribution in [0.15, 0.2) is 91.0 Å². The van der Waals surface area contributed by atoms with Gasteiger partial charge in [0, 0.05) is 43.2 Å². The van der Waals surface area contributed by atoms with Crippen molar-refractivity contribution < 1.29 is 19.4 Å². The number of anilines is 1. The van der Waals surface area contributed by atoms with Gasteiger partial charge in [-0.15, -0.1) is 11.3 Å². The van der Waals surface area contributed by atoms with Gasteiger partial charge in [-0.25, -0.2) is 4.79 Å². The van der Waals surface area contributed by atoms with Crippen LogP contribution in [0.4, 0.5) is 10.5 Å². The summed E-state index contributed by atoms with van der Waals surface area (Å²) in [5, 5.41) is 18.8. The third-order valence-corrected chi connectivity index (χ3v) is 8.57. The molecule has 1 aromatic heterocycles. The molecule has 1 aliphatic rings. The van der Waals surface area contributed by atoms with E-state index in [1.807, 2.05) is 78.9 Å². The monoisotopic (exact) mass is 598 g/mol. The maximum absolute atomic E-state index is 12.7. The van der Waals surface area contributed by atoms with Crippen LogP contribution in [0, 0.1) is 0 Å². The summed E-state index contributed by atoms with van der Waals surface area (Å²) in [6.45, 7) is 4.48. The Morgan fingerprint density at radius 2 is 1.63 bits per heavy atom. The molecule has 9 heteroatoms. The third kappa shape index (κ3) is 9.15. The number of nitrogens with zero attached hydrogens (tertiary/aromatic N) is 1. The summed E-state index contributed by atoms with van der Waals surface area (Å²) < 4.78 is 5.74. The smallest absolute Gasteiger partial charge is 0.411 e. The van der Waals surface area contributed by atoms with E-state index >= 15 is 0 Å². The van der Waals surface area contributed by atoms with Crippen LogP contribution >= 0.6 is 11.3 Å². The van der Waals surface area contributed by atoms with Gasteiger partial charge in [0.15, 0.2) is 0 Å². The summed E-state index contributed by atoms with van der Waals surface area (Å²) in [5.74, 6) is 0.227. The van der Waals surface area contributed by atoms with E-state index in [-0.39, 0.29) is 17.8 Å². The molecule has 0 radical (unpaired) electrons. The summed E-state index contributed by atoms with van der Waals surface area (Å²) in [4.78, 5) is 29.4. The van der Waals surface area contributed by atoms with Gasteiger partial charge < -0.3 is 25.4 Å². The molecule has 224 valence electrons. The third-order valence-electron chi connectivity index (χ3n) is 7.48. The Kier molecular flexibility index (Phi) is 10.8. The Morgan fingerprint density at radius 3 is 2.42 bits per heavy atom. The van der Waals surface area contributed by atoms with Crippen molar-refractivity contribution in [3.63, 3.8) is 0 Å². The minimum absolute atomic E-state index is 0.0500. The standard InChI is InChI=1S/C34H38N4O4S/c39-27-12-10-25(11-13-27)16-19-35-24-29-14-15-32(43-29)33(40)36-20-23-38-21-17-28(18-22-38)42-34(41)37-31-9-5-4-8-30(31)26-6-2-1-3-7-26/h1-15,28,35,39H,16-24H2,(H,36,40)(H,37,41). The number of thiophene rings is 1. The second-order valence-corrected chi connectivity index (χ2v) is 11.8. The number of benzene rings is 3. The van der Waals surface area contributed by atoms with Crippen LogP contribution in [-0.2, 0) is 17.7 Å². The molecule has 0 atom stereocenters. The summed E-state index contributed by atoms with van der Waals surface area (Å²) in [6.07, 6.45) is 1.83. The molecule has 4 aromatic rings. The molecule has 3 aromatic carbocycles. The van der Waals surface area contributed by atoms with E-state index in [4.69, 9.17) is 4.74 Å². The van der Waals surface area contributed by atoms with Crippen molar-refractivity contribution in [2.75, 3.05) is 38.0 Å². The lowest BCUT2D eigenvalue weighted by molar-refractivity contribution is 0.0587. The Labute approximate surface area is 256 Å². The Hall–Kier alpha value is -4.18. The minimum atomic E-state index is -0.433. The molecule has 4 N–H and O–H groups in total. The van der Waals surface area contributed by atoms with Crippen LogP contribution < -0.4 is 16.0 Å². The summed E-state index contributed by atoms with van der Waals surface area (Å²) >= 11 is 1.51. The number of nitrogens with one attached hydrogen (secondary N) is 3. The van der Waals surface area contributed by atoms with Gasteiger partial charge in [0.25, 0.3) is 5.91 Å². The van der Waals surface area contributed by atoms with E-state index in [1.54, 1.807) is 12.1 Å². The van der Waals surface area contributed by atoms with Gasteiger partial charge in [-0.3, -0.25) is 10.1 Å². The zero-order chi connectivity index (χ0) is 29.9. The molecule has 1 fully saturated rings. The number of ether oxygens (including phenoxy) is 1. The predicted octanol–water partition coefficient (Wildman–Crippen LogP) is 5.90. The average Bonchev–Trinajstić information content (AvgIpc) is 3.51. The molecule has 0 aliphatic carbocycles. The van der Waals surface area contributed by atoms with E-state index in [9.17, 15) is 14.7 Å². The molecule has 5 rings (SSSR count). The lowest BCUT2D eigenvalue weighted by atomic mass is 10.0.